The second kappa shape index (κ2) is 6.72. The molecule has 1 atom stereocenters. The van der Waals surface area contributed by atoms with Crippen molar-refractivity contribution in [3.63, 3.8) is 0 Å². The molecule has 1 aromatic heterocycles. The summed E-state index contributed by atoms with van der Waals surface area (Å²) >= 11 is 0. The summed E-state index contributed by atoms with van der Waals surface area (Å²) in [5.74, 6) is 0.209. The van der Waals surface area contributed by atoms with Crippen LogP contribution in [0.25, 0.3) is 10.9 Å². The Balaban J connectivity index is 2.14. The molecule has 0 spiro atoms. The molecule has 1 aromatic carbocycles. The van der Waals surface area contributed by atoms with E-state index in [0.717, 1.165) is 16.5 Å². The van der Waals surface area contributed by atoms with Crippen LogP contribution >= 0.6 is 0 Å². The largest absolute Gasteiger partial charge is 0.507 e. The third kappa shape index (κ3) is 3.42. The Bertz CT molecular complexity index is 609. The number of alkyl halides is 2. The molecule has 0 fully saturated rings. The van der Waals surface area contributed by atoms with Crippen LogP contribution in [0, 0.1) is 0 Å². The van der Waals surface area contributed by atoms with E-state index < -0.39 is 12.5 Å². The number of aromatic nitrogens is 1. The van der Waals surface area contributed by atoms with Gasteiger partial charge in [0.05, 0.1) is 6.04 Å². The quantitative estimate of drug-likeness (QED) is 0.766. The summed E-state index contributed by atoms with van der Waals surface area (Å²) in [7, 11) is 0. The number of H-pyrrole nitrogens is 1. The van der Waals surface area contributed by atoms with Gasteiger partial charge < -0.3 is 10.1 Å². The first-order valence-electron chi connectivity index (χ1n) is 6.95. The van der Waals surface area contributed by atoms with Crippen molar-refractivity contribution in [3.8, 4) is 5.75 Å². The average Bonchev–Trinajstić information content (AvgIpc) is 2.87. The van der Waals surface area contributed by atoms with Crippen molar-refractivity contribution in [3.05, 3.63) is 42.6 Å². The maximum absolute atomic E-state index is 12.9. The highest BCUT2D eigenvalue weighted by Crippen LogP contribution is 2.28. The lowest BCUT2D eigenvalue weighted by atomic mass is 10.1. The van der Waals surface area contributed by atoms with Crippen molar-refractivity contribution in [2.24, 2.45) is 0 Å². The number of nitrogens with one attached hydrogen (secondary N) is 1. The van der Waals surface area contributed by atoms with E-state index in [0.29, 0.717) is 19.5 Å². The normalized spacial score (nSPS) is 13.2. The summed E-state index contributed by atoms with van der Waals surface area (Å²) in [6.45, 7) is 6.03. The lowest BCUT2D eigenvalue weighted by Crippen LogP contribution is -2.39. The topological polar surface area (TPSA) is 39.3 Å². The summed E-state index contributed by atoms with van der Waals surface area (Å²) in [4.78, 5) is 4.78. The van der Waals surface area contributed by atoms with E-state index in [9.17, 15) is 13.9 Å². The van der Waals surface area contributed by atoms with E-state index in [1.54, 1.807) is 23.1 Å². The molecule has 0 aliphatic rings. The van der Waals surface area contributed by atoms with E-state index in [4.69, 9.17) is 0 Å². The standard InChI is InChI=1S/C16H20F2N2O/c1-3-8-20(11(2)16(17)18)9-7-12-10-19-13-5-4-6-14(21)15(12)13/h3-6,10-11,16,19,21H,1,7-9H2,2H3. The van der Waals surface area contributed by atoms with Gasteiger partial charge in [0.15, 0.2) is 0 Å². The van der Waals surface area contributed by atoms with Crippen molar-refractivity contribution in [1.82, 2.24) is 9.88 Å². The Kier molecular flexibility index (Phi) is 4.96. The minimum absolute atomic E-state index is 0.209. The zero-order valence-corrected chi connectivity index (χ0v) is 12.0. The maximum Gasteiger partial charge on any atom is 0.253 e. The van der Waals surface area contributed by atoms with Crippen molar-refractivity contribution in [2.75, 3.05) is 13.1 Å². The third-order valence-corrected chi connectivity index (χ3v) is 3.74. The van der Waals surface area contributed by atoms with E-state index in [-0.39, 0.29) is 5.75 Å². The van der Waals surface area contributed by atoms with Gasteiger partial charge in [-0.2, -0.15) is 0 Å². The third-order valence-electron chi connectivity index (χ3n) is 3.74. The van der Waals surface area contributed by atoms with Crippen LogP contribution in [-0.2, 0) is 6.42 Å². The van der Waals surface area contributed by atoms with Gasteiger partial charge in [0.25, 0.3) is 6.43 Å². The van der Waals surface area contributed by atoms with E-state index in [2.05, 4.69) is 11.6 Å². The zero-order chi connectivity index (χ0) is 15.4. The molecule has 0 radical (unpaired) electrons. The molecule has 0 saturated carbocycles. The van der Waals surface area contributed by atoms with Crippen LogP contribution in [0.2, 0.25) is 0 Å². The first-order chi connectivity index (χ1) is 10.0. The first kappa shape index (κ1) is 15.5. The summed E-state index contributed by atoms with van der Waals surface area (Å²) < 4.78 is 25.7. The molecule has 0 aliphatic heterocycles. The molecule has 0 saturated heterocycles. The number of fused-ring (bicyclic) bond motifs is 1. The zero-order valence-electron chi connectivity index (χ0n) is 12.0. The number of rotatable bonds is 7. The van der Waals surface area contributed by atoms with Crippen molar-refractivity contribution in [1.29, 1.82) is 0 Å². The van der Waals surface area contributed by atoms with Gasteiger partial charge >= 0.3 is 0 Å². The highest BCUT2D eigenvalue weighted by molar-refractivity contribution is 5.88. The predicted octanol–water partition coefficient (Wildman–Crippen LogP) is 3.56. The SMILES string of the molecule is C=CCN(CCc1c[nH]c2cccc(O)c12)C(C)C(F)F. The van der Waals surface area contributed by atoms with Crippen molar-refractivity contribution in [2.45, 2.75) is 25.8 Å². The molecule has 0 aliphatic carbocycles. The molecular weight excluding hydrogens is 274 g/mol. The molecule has 5 heteroatoms. The highest BCUT2D eigenvalue weighted by Gasteiger charge is 2.22. The van der Waals surface area contributed by atoms with Gasteiger partial charge in [0.1, 0.15) is 5.75 Å². The number of halogens is 2. The number of benzene rings is 1. The van der Waals surface area contributed by atoms with Crippen LogP contribution in [-0.4, -0.2) is 40.5 Å². The Morgan fingerprint density at radius 3 is 2.86 bits per heavy atom. The molecule has 0 bridgehead atoms. The van der Waals surface area contributed by atoms with E-state index in [1.165, 1.54) is 6.92 Å². The predicted molar refractivity (Wildman–Crippen MR) is 80.9 cm³/mol. The van der Waals surface area contributed by atoms with Gasteiger partial charge in [-0.15, -0.1) is 6.58 Å². The molecule has 114 valence electrons. The molecule has 0 amide bonds. The van der Waals surface area contributed by atoms with E-state index >= 15 is 0 Å². The van der Waals surface area contributed by atoms with Crippen LogP contribution in [0.1, 0.15) is 12.5 Å². The van der Waals surface area contributed by atoms with Gasteiger partial charge in [-0.05, 0) is 31.0 Å². The molecule has 2 rings (SSSR count). The molecule has 1 unspecified atom stereocenters. The second-order valence-corrected chi connectivity index (χ2v) is 5.12. The van der Waals surface area contributed by atoms with E-state index in [1.807, 2.05) is 12.3 Å². The van der Waals surface area contributed by atoms with Crippen LogP contribution in [0.5, 0.6) is 5.75 Å². The average molecular weight is 294 g/mol. The van der Waals surface area contributed by atoms with Gasteiger partial charge in [-0.3, -0.25) is 4.90 Å². The Labute approximate surface area is 122 Å². The van der Waals surface area contributed by atoms with Gasteiger partial charge in [0.2, 0.25) is 0 Å². The molecular formula is C16H20F2N2O. The van der Waals surface area contributed by atoms with Crippen LogP contribution in [0.15, 0.2) is 37.1 Å². The molecule has 21 heavy (non-hydrogen) atoms. The number of hydrogen-bond donors (Lipinski definition) is 2. The lowest BCUT2D eigenvalue weighted by Gasteiger charge is -2.27. The number of phenols is 1. The van der Waals surface area contributed by atoms with Crippen molar-refractivity contribution >= 4 is 10.9 Å². The van der Waals surface area contributed by atoms with Gasteiger partial charge in [-0.1, -0.05) is 12.1 Å². The summed E-state index contributed by atoms with van der Waals surface area (Å²) in [5, 5.41) is 10.7. The summed E-state index contributed by atoms with van der Waals surface area (Å²) in [5.41, 5.74) is 1.78. The number of aromatic amines is 1. The smallest absolute Gasteiger partial charge is 0.253 e. The lowest BCUT2D eigenvalue weighted by molar-refractivity contribution is 0.0408. The minimum Gasteiger partial charge on any atom is -0.507 e. The molecule has 2 N–H and O–H groups in total. The van der Waals surface area contributed by atoms with Gasteiger partial charge in [-0.25, -0.2) is 8.78 Å². The fraction of sp³-hybridized carbons (Fsp3) is 0.375. The summed E-state index contributed by atoms with van der Waals surface area (Å²) in [6, 6.07) is 4.45. The van der Waals surface area contributed by atoms with Crippen LogP contribution in [0.3, 0.4) is 0 Å². The fourth-order valence-corrected chi connectivity index (χ4v) is 2.48. The minimum atomic E-state index is -2.39. The molecule has 2 aromatic rings. The Morgan fingerprint density at radius 1 is 1.43 bits per heavy atom. The van der Waals surface area contributed by atoms with Crippen molar-refractivity contribution < 1.29 is 13.9 Å². The summed E-state index contributed by atoms with van der Waals surface area (Å²) in [6.07, 6.45) is 1.65. The monoisotopic (exact) mass is 294 g/mol. The highest BCUT2D eigenvalue weighted by atomic mass is 19.3. The number of nitrogens with zero attached hydrogens (tertiary/aromatic N) is 1. The molecule has 1 heterocycles. The Hall–Kier alpha value is -1.88. The second-order valence-electron chi connectivity index (χ2n) is 5.12. The van der Waals surface area contributed by atoms with Crippen LogP contribution in [0.4, 0.5) is 8.78 Å². The number of phenolic OH excluding ortho intramolecular Hbond substituents is 1. The fourth-order valence-electron chi connectivity index (χ4n) is 2.48. The number of aromatic hydroxyl groups is 1. The first-order valence-corrected chi connectivity index (χ1v) is 6.95. The Morgan fingerprint density at radius 2 is 2.19 bits per heavy atom. The van der Waals surface area contributed by atoms with Gasteiger partial charge in [0, 0.05) is 30.2 Å². The molecule has 3 nitrogen and oxygen atoms in total. The van der Waals surface area contributed by atoms with Crippen LogP contribution < -0.4 is 0 Å². The maximum atomic E-state index is 12.9. The number of hydrogen-bond acceptors (Lipinski definition) is 2.